The largest absolute Gasteiger partial charge is 0.328 e. The minimum absolute atomic E-state index is 0.213. The van der Waals surface area contributed by atoms with Crippen LogP contribution in [0.4, 0.5) is 19.1 Å². The van der Waals surface area contributed by atoms with Crippen LogP contribution in [0.1, 0.15) is 29.1 Å². The number of halogens is 3. The lowest BCUT2D eigenvalue weighted by Crippen LogP contribution is -2.56. The van der Waals surface area contributed by atoms with Crippen molar-refractivity contribution in [1.29, 1.82) is 0 Å². The molecule has 3 aromatic rings. The number of amides is 1. The molecule has 4 heterocycles. The zero-order chi connectivity index (χ0) is 21.0. The zero-order valence-electron chi connectivity index (χ0n) is 15.8. The summed E-state index contributed by atoms with van der Waals surface area (Å²) in [5, 5.41) is 8.93. The molecule has 0 aliphatic carbocycles. The fourth-order valence-electron chi connectivity index (χ4n) is 3.67. The Morgan fingerprint density at radius 2 is 1.90 bits per heavy atom. The summed E-state index contributed by atoms with van der Waals surface area (Å²) in [6.45, 7) is 1.93. The fraction of sp³-hybridized carbons (Fsp3) is 0.389. The van der Waals surface area contributed by atoms with E-state index in [-0.39, 0.29) is 17.9 Å². The lowest BCUT2D eigenvalue weighted by Gasteiger charge is -2.37. The number of hydrogen-bond donors (Lipinski definition) is 0. The van der Waals surface area contributed by atoms with Crippen LogP contribution in [0.25, 0.3) is 10.8 Å². The molecular weight excluding hydrogens is 419 g/mol. The van der Waals surface area contributed by atoms with E-state index in [1.165, 1.54) is 29.2 Å². The molecule has 8 nitrogen and oxygen atoms in total. The monoisotopic (exact) mass is 435 g/mol. The van der Waals surface area contributed by atoms with Crippen LogP contribution in [0, 0.1) is 5.82 Å². The van der Waals surface area contributed by atoms with E-state index in [0.717, 1.165) is 11.5 Å². The molecule has 0 radical (unpaired) electrons. The van der Waals surface area contributed by atoms with Crippen molar-refractivity contribution in [3.8, 4) is 10.8 Å². The van der Waals surface area contributed by atoms with Crippen molar-refractivity contribution in [2.24, 2.45) is 0 Å². The molecule has 1 saturated heterocycles. The first-order valence-electron chi connectivity index (χ1n) is 9.29. The average molecular weight is 435 g/mol. The minimum Gasteiger partial charge on any atom is -0.328 e. The van der Waals surface area contributed by atoms with Gasteiger partial charge in [0, 0.05) is 18.7 Å². The molecule has 30 heavy (non-hydrogen) atoms. The van der Waals surface area contributed by atoms with Gasteiger partial charge in [0.1, 0.15) is 5.82 Å². The van der Waals surface area contributed by atoms with Crippen LogP contribution in [0.15, 0.2) is 24.3 Å². The molecule has 5 rings (SSSR count). The van der Waals surface area contributed by atoms with Crippen LogP contribution < -0.4 is 4.90 Å². The number of carbonyl (C=O) groups is 1. The van der Waals surface area contributed by atoms with Gasteiger partial charge >= 0.3 is 0 Å². The minimum atomic E-state index is -2.70. The van der Waals surface area contributed by atoms with Crippen LogP contribution in [-0.4, -0.2) is 60.5 Å². The average Bonchev–Trinajstić information content (AvgIpc) is 3.33. The van der Waals surface area contributed by atoms with Crippen LogP contribution in [0.2, 0.25) is 0 Å². The quantitative estimate of drug-likeness (QED) is 0.629. The Hall–Kier alpha value is -3.02. The van der Waals surface area contributed by atoms with Crippen LogP contribution in [0.3, 0.4) is 0 Å². The summed E-state index contributed by atoms with van der Waals surface area (Å²) in [5.41, 5.74) is 0.400. The van der Waals surface area contributed by atoms with Gasteiger partial charge in [0.05, 0.1) is 19.1 Å². The van der Waals surface area contributed by atoms with Gasteiger partial charge in [-0.2, -0.15) is 9.36 Å². The third-order valence-corrected chi connectivity index (χ3v) is 5.97. The predicted octanol–water partition coefficient (Wildman–Crippen LogP) is 2.61. The molecule has 2 aliphatic heterocycles. The predicted molar refractivity (Wildman–Crippen MR) is 102 cm³/mol. The molecule has 1 fully saturated rings. The second-order valence-corrected chi connectivity index (χ2v) is 8.08. The van der Waals surface area contributed by atoms with Crippen molar-refractivity contribution in [3.63, 3.8) is 0 Å². The highest BCUT2D eigenvalue weighted by Crippen LogP contribution is 2.34. The second kappa shape index (κ2) is 6.76. The molecule has 0 saturated carbocycles. The first-order chi connectivity index (χ1) is 14.3. The number of aromatic nitrogens is 5. The summed E-state index contributed by atoms with van der Waals surface area (Å²) in [5.74, 6) is -1.96. The molecule has 2 aromatic heterocycles. The Labute approximate surface area is 173 Å². The molecule has 0 unspecified atom stereocenters. The van der Waals surface area contributed by atoms with E-state index in [0.29, 0.717) is 35.3 Å². The molecule has 1 atom stereocenters. The number of anilines is 1. The third kappa shape index (κ3) is 3.11. The first-order valence-corrected chi connectivity index (χ1v) is 10.1. The molecule has 1 aromatic carbocycles. The highest BCUT2D eigenvalue weighted by Gasteiger charge is 2.45. The number of hydrogen-bond acceptors (Lipinski definition) is 7. The van der Waals surface area contributed by atoms with Gasteiger partial charge in [-0.05, 0) is 42.7 Å². The van der Waals surface area contributed by atoms with Crippen molar-refractivity contribution in [3.05, 3.63) is 41.5 Å². The maximum absolute atomic E-state index is 13.1. The second-order valence-electron chi connectivity index (χ2n) is 7.33. The standard InChI is InChI=1S/C18H16F3N7OS/c1-10-13-23-24-14(15-22-17(25-30-15)26-8-18(20,21)9-26)28(13)7-6-27(10)16(29)11-2-4-12(19)5-3-11/h2-5,10H,6-9H2,1H3/t10-/m1/s1. The summed E-state index contributed by atoms with van der Waals surface area (Å²) >= 11 is 1.08. The molecule has 156 valence electrons. The van der Waals surface area contributed by atoms with Crippen LogP contribution in [0.5, 0.6) is 0 Å². The Balaban J connectivity index is 1.37. The molecular formula is C18H16F3N7OS. The number of benzene rings is 1. The van der Waals surface area contributed by atoms with Crippen molar-refractivity contribution < 1.29 is 18.0 Å². The van der Waals surface area contributed by atoms with Gasteiger partial charge in [0.15, 0.2) is 16.7 Å². The van der Waals surface area contributed by atoms with Crippen LogP contribution in [-0.2, 0) is 6.54 Å². The SMILES string of the molecule is C[C@@H]1c2nnc(-c3nc(N4CC(F)(F)C4)ns3)n2CCN1C(=O)c1ccc(F)cc1. The van der Waals surface area contributed by atoms with E-state index in [1.807, 2.05) is 11.5 Å². The topological polar surface area (TPSA) is 80.0 Å². The Kier molecular flexibility index (Phi) is 4.27. The Bertz CT molecular complexity index is 1110. The summed E-state index contributed by atoms with van der Waals surface area (Å²) in [6.07, 6.45) is 0. The van der Waals surface area contributed by atoms with Gasteiger partial charge in [0.2, 0.25) is 5.95 Å². The lowest BCUT2D eigenvalue weighted by atomic mass is 10.1. The summed E-state index contributed by atoms with van der Waals surface area (Å²) in [6, 6.07) is 5.07. The van der Waals surface area contributed by atoms with Gasteiger partial charge in [0.25, 0.3) is 11.8 Å². The van der Waals surface area contributed by atoms with Crippen molar-refractivity contribution in [2.45, 2.75) is 25.4 Å². The number of carbonyl (C=O) groups excluding carboxylic acids is 1. The van der Waals surface area contributed by atoms with E-state index >= 15 is 0 Å². The van der Waals surface area contributed by atoms with E-state index in [2.05, 4.69) is 19.6 Å². The van der Waals surface area contributed by atoms with E-state index in [1.54, 1.807) is 4.90 Å². The Morgan fingerprint density at radius 3 is 2.60 bits per heavy atom. The molecule has 0 N–H and O–H groups in total. The summed E-state index contributed by atoms with van der Waals surface area (Å²) in [4.78, 5) is 20.3. The number of alkyl halides is 2. The number of fused-ring (bicyclic) bond motifs is 1. The molecule has 12 heteroatoms. The molecule has 0 bridgehead atoms. The Morgan fingerprint density at radius 1 is 1.17 bits per heavy atom. The van der Waals surface area contributed by atoms with Crippen molar-refractivity contribution >= 4 is 23.4 Å². The smallest absolute Gasteiger partial charge is 0.282 e. The zero-order valence-corrected chi connectivity index (χ0v) is 16.6. The van der Waals surface area contributed by atoms with Gasteiger partial charge in [-0.25, -0.2) is 13.2 Å². The van der Waals surface area contributed by atoms with Gasteiger partial charge in [-0.1, -0.05) is 0 Å². The maximum Gasteiger partial charge on any atom is 0.282 e. The molecule has 2 aliphatic rings. The third-order valence-electron chi connectivity index (χ3n) is 5.27. The van der Waals surface area contributed by atoms with E-state index in [4.69, 9.17) is 0 Å². The van der Waals surface area contributed by atoms with Gasteiger partial charge < -0.3 is 14.4 Å². The highest BCUT2D eigenvalue weighted by atomic mass is 32.1. The van der Waals surface area contributed by atoms with Crippen LogP contribution >= 0.6 is 11.5 Å². The van der Waals surface area contributed by atoms with E-state index < -0.39 is 24.8 Å². The van der Waals surface area contributed by atoms with Gasteiger partial charge in [-0.15, -0.1) is 10.2 Å². The molecule has 1 amide bonds. The number of rotatable bonds is 3. The highest BCUT2D eigenvalue weighted by molar-refractivity contribution is 7.09. The van der Waals surface area contributed by atoms with E-state index in [9.17, 15) is 18.0 Å². The molecule has 0 spiro atoms. The lowest BCUT2D eigenvalue weighted by molar-refractivity contribution is -0.0270. The normalized spacial score (nSPS) is 20.1. The number of nitrogens with zero attached hydrogens (tertiary/aromatic N) is 7. The summed E-state index contributed by atoms with van der Waals surface area (Å²) in [7, 11) is 0. The fourth-order valence-corrected chi connectivity index (χ4v) is 4.35. The summed E-state index contributed by atoms with van der Waals surface area (Å²) < 4.78 is 45.4. The van der Waals surface area contributed by atoms with Gasteiger partial charge in [-0.3, -0.25) is 4.79 Å². The van der Waals surface area contributed by atoms with Crippen molar-refractivity contribution in [1.82, 2.24) is 29.0 Å². The maximum atomic E-state index is 13.1. The van der Waals surface area contributed by atoms with Crippen molar-refractivity contribution in [2.75, 3.05) is 24.5 Å². The first kappa shape index (κ1) is 19.0.